The van der Waals surface area contributed by atoms with Crippen molar-refractivity contribution in [2.75, 3.05) is 11.9 Å². The lowest BCUT2D eigenvalue weighted by molar-refractivity contribution is 0.180. The number of nitrogens with zero attached hydrogens (tertiary/aromatic N) is 3. The molecule has 6 nitrogen and oxygen atoms in total. The standard InChI is InChI=1S/C24H29BrN4O2/c1-4-14-28(24(31)26-18-11-9-10-17(25)16-18)21(6-3)22-27-20-13-8-7-12-19(20)23(30)29(22)15-5-2/h7-13,16,21H,4-6,14-15H2,1-3H3,(H,26,31). The third-order valence-corrected chi connectivity index (χ3v) is 5.69. The third-order valence-electron chi connectivity index (χ3n) is 5.20. The molecule has 2 aromatic carbocycles. The lowest BCUT2D eigenvalue weighted by Gasteiger charge is -2.32. The Morgan fingerprint density at radius 3 is 2.58 bits per heavy atom. The van der Waals surface area contributed by atoms with E-state index in [9.17, 15) is 9.59 Å². The SMILES string of the molecule is CCCN(C(=O)Nc1cccc(Br)c1)C(CC)c1nc2ccccc2c(=O)n1CCC. The summed E-state index contributed by atoms with van der Waals surface area (Å²) < 4.78 is 2.64. The van der Waals surface area contributed by atoms with E-state index >= 15 is 0 Å². The smallest absolute Gasteiger partial charge is 0.314 e. The van der Waals surface area contributed by atoms with Crippen LogP contribution in [0.15, 0.2) is 57.8 Å². The van der Waals surface area contributed by atoms with Crippen molar-refractivity contribution < 1.29 is 4.79 Å². The molecule has 0 radical (unpaired) electrons. The number of aromatic nitrogens is 2. The van der Waals surface area contributed by atoms with Crippen LogP contribution in [0, 0.1) is 0 Å². The summed E-state index contributed by atoms with van der Waals surface area (Å²) in [6.45, 7) is 7.23. The molecule has 0 aliphatic rings. The Hall–Kier alpha value is -2.67. The second-order valence-electron chi connectivity index (χ2n) is 7.50. The molecule has 0 saturated carbocycles. The quantitative estimate of drug-likeness (QED) is 0.428. The Morgan fingerprint density at radius 1 is 1.13 bits per heavy atom. The van der Waals surface area contributed by atoms with E-state index in [1.54, 1.807) is 9.47 Å². The van der Waals surface area contributed by atoms with E-state index in [-0.39, 0.29) is 17.6 Å². The second kappa shape index (κ2) is 10.6. The van der Waals surface area contributed by atoms with Crippen molar-refractivity contribution in [2.45, 2.75) is 52.6 Å². The van der Waals surface area contributed by atoms with E-state index in [4.69, 9.17) is 4.98 Å². The molecule has 0 aliphatic heterocycles. The molecule has 1 atom stereocenters. The summed E-state index contributed by atoms with van der Waals surface area (Å²) in [6, 6.07) is 14.4. The molecule has 3 rings (SSSR count). The van der Waals surface area contributed by atoms with Crippen molar-refractivity contribution in [2.24, 2.45) is 0 Å². The van der Waals surface area contributed by atoms with Gasteiger partial charge in [-0.2, -0.15) is 0 Å². The second-order valence-corrected chi connectivity index (χ2v) is 8.42. The van der Waals surface area contributed by atoms with Gasteiger partial charge in [0.15, 0.2) is 0 Å². The van der Waals surface area contributed by atoms with E-state index in [0.29, 0.717) is 41.9 Å². The van der Waals surface area contributed by atoms with Crippen LogP contribution in [0.2, 0.25) is 0 Å². The van der Waals surface area contributed by atoms with Gasteiger partial charge in [-0.25, -0.2) is 9.78 Å². The summed E-state index contributed by atoms with van der Waals surface area (Å²) in [5, 5.41) is 3.60. The van der Waals surface area contributed by atoms with Crippen molar-refractivity contribution in [1.29, 1.82) is 0 Å². The molecular formula is C24H29BrN4O2. The first kappa shape index (κ1) is 23.0. The van der Waals surface area contributed by atoms with Gasteiger partial charge in [0.05, 0.1) is 16.9 Å². The number of fused-ring (bicyclic) bond motifs is 1. The van der Waals surface area contributed by atoms with Gasteiger partial charge in [-0.3, -0.25) is 9.36 Å². The summed E-state index contributed by atoms with van der Waals surface area (Å²) >= 11 is 3.44. The molecule has 7 heteroatoms. The highest BCUT2D eigenvalue weighted by Crippen LogP contribution is 2.26. The van der Waals surface area contributed by atoms with Crippen molar-refractivity contribution in [3.8, 4) is 0 Å². The lowest BCUT2D eigenvalue weighted by atomic mass is 10.1. The van der Waals surface area contributed by atoms with Gasteiger partial charge >= 0.3 is 6.03 Å². The van der Waals surface area contributed by atoms with Gasteiger partial charge in [0, 0.05) is 23.2 Å². The number of nitrogens with one attached hydrogen (secondary N) is 1. The fourth-order valence-corrected chi connectivity index (χ4v) is 4.22. The molecule has 1 unspecified atom stereocenters. The maximum Gasteiger partial charge on any atom is 0.322 e. The molecule has 31 heavy (non-hydrogen) atoms. The third kappa shape index (κ3) is 5.15. The topological polar surface area (TPSA) is 67.2 Å². The lowest BCUT2D eigenvalue weighted by Crippen LogP contribution is -2.41. The van der Waals surface area contributed by atoms with Crippen LogP contribution < -0.4 is 10.9 Å². The van der Waals surface area contributed by atoms with Crippen molar-refractivity contribution in [1.82, 2.24) is 14.5 Å². The molecule has 3 aromatic rings. The van der Waals surface area contributed by atoms with Crippen LogP contribution in [0.4, 0.5) is 10.5 Å². The number of hydrogen-bond donors (Lipinski definition) is 1. The average molecular weight is 485 g/mol. The minimum absolute atomic E-state index is 0.0512. The van der Waals surface area contributed by atoms with E-state index in [0.717, 1.165) is 17.3 Å². The van der Waals surface area contributed by atoms with Crippen molar-refractivity contribution in [3.63, 3.8) is 0 Å². The molecule has 2 amide bonds. The van der Waals surface area contributed by atoms with Crippen LogP contribution in [0.25, 0.3) is 10.9 Å². The minimum atomic E-state index is -0.309. The van der Waals surface area contributed by atoms with Crippen molar-refractivity contribution >= 4 is 38.6 Å². The molecule has 1 aromatic heterocycles. The normalized spacial score (nSPS) is 12.0. The maximum atomic E-state index is 13.3. The van der Waals surface area contributed by atoms with E-state index in [1.165, 1.54) is 0 Å². The zero-order chi connectivity index (χ0) is 22.4. The average Bonchev–Trinajstić information content (AvgIpc) is 2.76. The number of rotatable bonds is 8. The van der Waals surface area contributed by atoms with Gasteiger partial charge < -0.3 is 10.2 Å². The van der Waals surface area contributed by atoms with Gasteiger partial charge in [0.25, 0.3) is 5.56 Å². The van der Waals surface area contributed by atoms with Gasteiger partial charge in [-0.15, -0.1) is 0 Å². The number of hydrogen-bond acceptors (Lipinski definition) is 3. The number of carbonyl (C=O) groups excluding carboxylic acids is 1. The largest absolute Gasteiger partial charge is 0.322 e. The first-order chi connectivity index (χ1) is 15.0. The summed E-state index contributed by atoms with van der Waals surface area (Å²) in [6.07, 6.45) is 2.26. The van der Waals surface area contributed by atoms with Crippen LogP contribution in [0.1, 0.15) is 51.9 Å². The van der Waals surface area contributed by atoms with Crippen LogP contribution in [-0.2, 0) is 6.54 Å². The molecule has 164 valence electrons. The van der Waals surface area contributed by atoms with Gasteiger partial charge in [0.2, 0.25) is 0 Å². The van der Waals surface area contributed by atoms with Crippen molar-refractivity contribution in [3.05, 3.63) is 69.2 Å². The molecule has 1 heterocycles. The molecule has 0 aliphatic carbocycles. The zero-order valence-corrected chi connectivity index (χ0v) is 19.9. The fraction of sp³-hybridized carbons (Fsp3) is 0.375. The number of halogens is 1. The van der Waals surface area contributed by atoms with Gasteiger partial charge in [0.1, 0.15) is 5.82 Å². The summed E-state index contributed by atoms with van der Waals surface area (Å²) in [5.74, 6) is 0.644. The first-order valence-electron chi connectivity index (χ1n) is 10.8. The van der Waals surface area contributed by atoms with E-state index < -0.39 is 0 Å². The predicted molar refractivity (Wildman–Crippen MR) is 129 cm³/mol. The fourth-order valence-electron chi connectivity index (χ4n) is 3.82. The number of amides is 2. The molecule has 1 N–H and O–H groups in total. The monoisotopic (exact) mass is 484 g/mol. The summed E-state index contributed by atoms with van der Waals surface area (Å²) in [5.41, 5.74) is 1.33. The van der Waals surface area contributed by atoms with Gasteiger partial charge in [-0.05, 0) is 49.6 Å². The Morgan fingerprint density at radius 2 is 1.90 bits per heavy atom. The molecule has 0 spiro atoms. The highest BCUT2D eigenvalue weighted by molar-refractivity contribution is 9.10. The number of benzene rings is 2. The first-order valence-corrected chi connectivity index (χ1v) is 11.6. The highest BCUT2D eigenvalue weighted by atomic mass is 79.9. The molecular weight excluding hydrogens is 456 g/mol. The molecule has 0 saturated heterocycles. The molecule has 0 fully saturated rings. The number of anilines is 1. The maximum absolute atomic E-state index is 13.3. The summed E-state index contributed by atoms with van der Waals surface area (Å²) in [4.78, 5) is 33.2. The van der Waals surface area contributed by atoms with E-state index in [2.05, 4.69) is 21.2 Å². The zero-order valence-electron chi connectivity index (χ0n) is 18.3. The Bertz CT molecular complexity index is 1110. The minimum Gasteiger partial charge on any atom is -0.314 e. The van der Waals surface area contributed by atoms with Gasteiger partial charge in [-0.1, -0.05) is 54.9 Å². The number of urea groups is 1. The highest BCUT2D eigenvalue weighted by Gasteiger charge is 2.28. The molecule has 0 bridgehead atoms. The van der Waals surface area contributed by atoms with Crippen LogP contribution in [0.5, 0.6) is 0 Å². The number of carbonyl (C=O) groups is 1. The van der Waals surface area contributed by atoms with Crippen LogP contribution >= 0.6 is 15.9 Å². The van der Waals surface area contributed by atoms with Crippen LogP contribution in [-0.4, -0.2) is 27.0 Å². The number of para-hydroxylation sites is 1. The Balaban J connectivity index is 2.06. The van der Waals surface area contributed by atoms with Crippen LogP contribution in [0.3, 0.4) is 0 Å². The Labute approximate surface area is 191 Å². The van der Waals surface area contributed by atoms with E-state index in [1.807, 2.05) is 69.3 Å². The Kier molecular flexibility index (Phi) is 7.85. The summed E-state index contributed by atoms with van der Waals surface area (Å²) in [7, 11) is 0. The predicted octanol–water partition coefficient (Wildman–Crippen LogP) is 5.96.